The summed E-state index contributed by atoms with van der Waals surface area (Å²) in [5.41, 5.74) is 6.65. The molecule has 0 aliphatic carbocycles. The summed E-state index contributed by atoms with van der Waals surface area (Å²) in [5.74, 6) is 0.976. The SMILES string of the molecule is CCCCc1nc(Cl)c(CNn2c(C)ccc2C)[nH]1. The predicted octanol–water partition coefficient (Wildman–Crippen LogP) is 3.57. The van der Waals surface area contributed by atoms with Crippen LogP contribution in [0.25, 0.3) is 0 Å². The molecule has 0 aromatic carbocycles. The Balaban J connectivity index is 2.01. The molecule has 0 radical (unpaired) electrons. The maximum absolute atomic E-state index is 6.15. The van der Waals surface area contributed by atoms with Crippen molar-refractivity contribution in [3.05, 3.63) is 40.2 Å². The van der Waals surface area contributed by atoms with E-state index in [1.807, 2.05) is 0 Å². The minimum Gasteiger partial charge on any atom is -0.343 e. The number of unbranched alkanes of at least 4 members (excludes halogenated alkanes) is 1. The topological polar surface area (TPSA) is 45.6 Å². The van der Waals surface area contributed by atoms with E-state index in [-0.39, 0.29) is 0 Å². The van der Waals surface area contributed by atoms with Crippen LogP contribution in [-0.4, -0.2) is 14.6 Å². The van der Waals surface area contributed by atoms with Crippen LogP contribution in [0.15, 0.2) is 12.1 Å². The van der Waals surface area contributed by atoms with Gasteiger partial charge in [0.05, 0.1) is 12.2 Å². The highest BCUT2D eigenvalue weighted by molar-refractivity contribution is 6.30. The van der Waals surface area contributed by atoms with Crippen LogP contribution in [0.3, 0.4) is 0 Å². The Morgan fingerprint density at radius 2 is 2.00 bits per heavy atom. The van der Waals surface area contributed by atoms with E-state index in [1.54, 1.807) is 0 Å². The van der Waals surface area contributed by atoms with Crippen molar-refractivity contribution >= 4 is 11.6 Å². The maximum atomic E-state index is 6.15. The molecule has 19 heavy (non-hydrogen) atoms. The second kappa shape index (κ2) is 6.15. The van der Waals surface area contributed by atoms with Crippen LogP contribution in [0.4, 0.5) is 0 Å². The van der Waals surface area contributed by atoms with Gasteiger partial charge in [-0.1, -0.05) is 24.9 Å². The molecule has 4 nitrogen and oxygen atoms in total. The molecule has 2 rings (SSSR count). The van der Waals surface area contributed by atoms with Gasteiger partial charge in [-0.05, 0) is 32.4 Å². The Labute approximate surface area is 119 Å². The molecule has 0 unspecified atom stereocenters. The highest BCUT2D eigenvalue weighted by Gasteiger charge is 2.08. The van der Waals surface area contributed by atoms with Gasteiger partial charge in [0.1, 0.15) is 5.82 Å². The van der Waals surface area contributed by atoms with E-state index in [9.17, 15) is 0 Å². The number of hydrogen-bond acceptors (Lipinski definition) is 2. The number of imidazole rings is 1. The fourth-order valence-electron chi connectivity index (χ4n) is 2.10. The zero-order valence-electron chi connectivity index (χ0n) is 11.8. The largest absolute Gasteiger partial charge is 0.343 e. The standard InChI is InChI=1S/C14H21ClN4/c1-4-5-6-13-17-12(14(15)18-13)9-16-19-10(2)7-8-11(19)3/h7-8,16H,4-6,9H2,1-3H3,(H,17,18). The maximum Gasteiger partial charge on any atom is 0.152 e. The molecule has 0 bridgehead atoms. The summed E-state index contributed by atoms with van der Waals surface area (Å²) in [4.78, 5) is 7.65. The zero-order chi connectivity index (χ0) is 13.8. The molecule has 0 amide bonds. The minimum absolute atomic E-state index is 0.570. The van der Waals surface area contributed by atoms with Crippen LogP contribution in [0.2, 0.25) is 5.15 Å². The lowest BCUT2D eigenvalue weighted by atomic mass is 10.2. The Kier molecular flexibility index (Phi) is 4.53. The molecule has 0 atom stereocenters. The summed E-state index contributed by atoms with van der Waals surface area (Å²) in [6.07, 6.45) is 3.25. The third kappa shape index (κ3) is 3.32. The first-order valence-electron chi connectivity index (χ1n) is 6.74. The van der Waals surface area contributed by atoms with Crippen molar-refractivity contribution in [1.82, 2.24) is 14.6 Å². The van der Waals surface area contributed by atoms with E-state index in [0.29, 0.717) is 11.7 Å². The molecular weight excluding hydrogens is 260 g/mol. The van der Waals surface area contributed by atoms with Crippen molar-refractivity contribution < 1.29 is 0 Å². The molecule has 0 aliphatic rings. The number of hydrogen-bond donors (Lipinski definition) is 2. The predicted molar refractivity (Wildman–Crippen MR) is 79.2 cm³/mol. The van der Waals surface area contributed by atoms with E-state index in [4.69, 9.17) is 11.6 Å². The number of rotatable bonds is 6. The lowest BCUT2D eigenvalue weighted by Gasteiger charge is -2.11. The Hall–Kier alpha value is -1.42. The van der Waals surface area contributed by atoms with Crippen LogP contribution in [-0.2, 0) is 13.0 Å². The molecule has 5 heteroatoms. The molecule has 0 saturated carbocycles. The van der Waals surface area contributed by atoms with Gasteiger partial charge in [-0.15, -0.1) is 0 Å². The van der Waals surface area contributed by atoms with Gasteiger partial charge in [0.25, 0.3) is 0 Å². The number of aromatic nitrogens is 3. The minimum atomic E-state index is 0.570. The van der Waals surface area contributed by atoms with E-state index in [2.05, 4.69) is 53.0 Å². The molecular formula is C14H21ClN4. The van der Waals surface area contributed by atoms with Crippen molar-refractivity contribution in [3.8, 4) is 0 Å². The van der Waals surface area contributed by atoms with Gasteiger partial charge in [-0.3, -0.25) is 4.68 Å². The molecule has 2 N–H and O–H groups in total. The van der Waals surface area contributed by atoms with Crippen LogP contribution in [0.1, 0.15) is 42.7 Å². The Morgan fingerprint density at radius 3 is 2.63 bits per heavy atom. The van der Waals surface area contributed by atoms with Crippen molar-refractivity contribution in [1.29, 1.82) is 0 Å². The number of nitrogens with one attached hydrogen (secondary N) is 2. The van der Waals surface area contributed by atoms with Crippen molar-refractivity contribution in [2.24, 2.45) is 0 Å². The van der Waals surface area contributed by atoms with E-state index in [1.165, 1.54) is 11.4 Å². The second-order valence-corrected chi connectivity index (χ2v) is 5.20. The van der Waals surface area contributed by atoms with Gasteiger partial charge in [0, 0.05) is 17.8 Å². The highest BCUT2D eigenvalue weighted by Crippen LogP contribution is 2.15. The monoisotopic (exact) mass is 280 g/mol. The van der Waals surface area contributed by atoms with Crippen LogP contribution in [0, 0.1) is 13.8 Å². The molecule has 104 valence electrons. The lowest BCUT2D eigenvalue weighted by Crippen LogP contribution is -2.17. The third-order valence-electron chi connectivity index (χ3n) is 3.23. The fourth-order valence-corrected chi connectivity index (χ4v) is 2.31. The second-order valence-electron chi connectivity index (χ2n) is 4.84. The first-order chi connectivity index (χ1) is 9.11. The van der Waals surface area contributed by atoms with Gasteiger partial charge in [-0.2, -0.15) is 0 Å². The van der Waals surface area contributed by atoms with Crippen molar-refractivity contribution in [3.63, 3.8) is 0 Å². The smallest absolute Gasteiger partial charge is 0.152 e. The van der Waals surface area contributed by atoms with E-state index in [0.717, 1.165) is 30.8 Å². The fraction of sp³-hybridized carbons (Fsp3) is 0.500. The lowest BCUT2D eigenvalue weighted by molar-refractivity contribution is 0.753. The normalized spacial score (nSPS) is 10.9. The van der Waals surface area contributed by atoms with Crippen LogP contribution >= 0.6 is 11.6 Å². The van der Waals surface area contributed by atoms with Gasteiger partial charge < -0.3 is 10.4 Å². The van der Waals surface area contributed by atoms with E-state index >= 15 is 0 Å². The number of nitrogens with zero attached hydrogens (tertiary/aromatic N) is 2. The molecule has 2 heterocycles. The number of aromatic amines is 1. The summed E-state index contributed by atoms with van der Waals surface area (Å²) in [7, 11) is 0. The quantitative estimate of drug-likeness (QED) is 0.850. The summed E-state index contributed by atoms with van der Waals surface area (Å²) in [6, 6.07) is 4.17. The summed E-state index contributed by atoms with van der Waals surface area (Å²) >= 11 is 6.15. The summed E-state index contributed by atoms with van der Waals surface area (Å²) < 4.78 is 2.06. The van der Waals surface area contributed by atoms with E-state index < -0.39 is 0 Å². The molecule has 0 spiro atoms. The van der Waals surface area contributed by atoms with Crippen molar-refractivity contribution in [2.45, 2.75) is 46.6 Å². The highest BCUT2D eigenvalue weighted by atomic mass is 35.5. The van der Waals surface area contributed by atoms with Crippen LogP contribution in [0.5, 0.6) is 0 Å². The average Bonchev–Trinajstić information content (AvgIpc) is 2.89. The Bertz CT molecular complexity index is 522. The molecule has 0 aliphatic heterocycles. The number of H-pyrrole nitrogens is 1. The first kappa shape index (κ1) is 14.0. The molecule has 0 fully saturated rings. The van der Waals surface area contributed by atoms with Gasteiger partial charge in [0.2, 0.25) is 0 Å². The summed E-state index contributed by atoms with van der Waals surface area (Å²) in [5, 5.41) is 0.570. The Morgan fingerprint density at radius 1 is 1.32 bits per heavy atom. The van der Waals surface area contributed by atoms with Crippen LogP contribution < -0.4 is 5.43 Å². The summed E-state index contributed by atoms with van der Waals surface area (Å²) in [6.45, 7) is 6.96. The zero-order valence-corrected chi connectivity index (χ0v) is 12.5. The van der Waals surface area contributed by atoms with Gasteiger partial charge in [0.15, 0.2) is 5.15 Å². The van der Waals surface area contributed by atoms with Gasteiger partial charge in [-0.25, -0.2) is 4.98 Å². The average molecular weight is 281 g/mol. The molecule has 0 saturated heterocycles. The van der Waals surface area contributed by atoms with Crippen molar-refractivity contribution in [2.75, 3.05) is 5.43 Å². The third-order valence-corrected chi connectivity index (χ3v) is 3.54. The molecule has 2 aromatic rings. The van der Waals surface area contributed by atoms with Gasteiger partial charge >= 0.3 is 0 Å². The molecule has 2 aromatic heterocycles. The number of aryl methyl sites for hydroxylation is 3. The number of halogens is 1. The first-order valence-corrected chi connectivity index (χ1v) is 7.11.